The average molecular weight is 136 g/mol. The van der Waals surface area contributed by atoms with E-state index >= 15 is 0 Å². The van der Waals surface area contributed by atoms with Gasteiger partial charge in [0, 0.05) is 6.92 Å². The summed E-state index contributed by atoms with van der Waals surface area (Å²) in [5, 5.41) is 10.6. The van der Waals surface area contributed by atoms with E-state index in [-0.39, 0.29) is 0 Å². The maximum absolute atomic E-state index is 7.32. The van der Waals surface area contributed by atoms with Crippen molar-refractivity contribution in [3.05, 3.63) is 0 Å². The Bertz CT molecular complexity index is 103. The van der Waals surface area contributed by atoms with Crippen LogP contribution in [-0.2, 0) is 0 Å². The van der Waals surface area contributed by atoms with Crippen LogP contribution in [0.5, 0.6) is 0 Å². The van der Waals surface area contributed by atoms with Gasteiger partial charge in [-0.3, -0.25) is 0 Å². The molecule has 1 N–H and O–H groups in total. The van der Waals surface area contributed by atoms with Crippen molar-refractivity contribution >= 4 is 7.85 Å². The highest BCUT2D eigenvalue weighted by Gasteiger charge is 2.04. The lowest BCUT2D eigenvalue weighted by Crippen LogP contribution is -2.24. The molecular weight excluding hydrogens is 123 g/mol. The standard InChI is InChI=1S/C5H10BN.C2H3N/c6-5-1-3-7-4-2-5;1-2-3/h5,7H,1-4H2;1H3. The summed E-state index contributed by atoms with van der Waals surface area (Å²) >= 11 is 0. The van der Waals surface area contributed by atoms with E-state index in [1.165, 1.54) is 6.92 Å². The van der Waals surface area contributed by atoms with Crippen molar-refractivity contribution in [3.8, 4) is 6.07 Å². The molecule has 2 radical (unpaired) electrons. The van der Waals surface area contributed by atoms with Crippen LogP contribution in [0.4, 0.5) is 0 Å². The molecule has 0 atom stereocenters. The van der Waals surface area contributed by atoms with Crippen LogP contribution in [0.2, 0.25) is 5.82 Å². The molecule has 1 heterocycles. The first kappa shape index (κ1) is 9.51. The largest absolute Gasteiger partial charge is 0.317 e. The Morgan fingerprint density at radius 2 is 1.90 bits per heavy atom. The molecule has 10 heavy (non-hydrogen) atoms. The van der Waals surface area contributed by atoms with E-state index in [0.717, 1.165) is 25.9 Å². The Labute approximate surface area is 64.0 Å². The third-order valence-electron chi connectivity index (χ3n) is 1.38. The zero-order chi connectivity index (χ0) is 7.82. The monoisotopic (exact) mass is 136 g/mol. The van der Waals surface area contributed by atoms with Crippen molar-refractivity contribution in [1.29, 1.82) is 5.26 Å². The smallest absolute Gasteiger partial charge is 0.0700 e. The molecule has 54 valence electrons. The second-order valence-electron chi connectivity index (χ2n) is 2.31. The Kier molecular flexibility index (Phi) is 6.31. The highest BCUT2D eigenvalue weighted by atomic mass is 14.9. The van der Waals surface area contributed by atoms with E-state index in [4.69, 9.17) is 13.1 Å². The van der Waals surface area contributed by atoms with E-state index in [1.54, 1.807) is 6.07 Å². The zero-order valence-electron chi connectivity index (χ0n) is 6.43. The molecule has 0 aromatic heterocycles. The molecule has 1 fully saturated rings. The fraction of sp³-hybridized carbons (Fsp3) is 0.857. The molecule has 1 aliphatic rings. The third kappa shape index (κ3) is 5.65. The van der Waals surface area contributed by atoms with Crippen LogP contribution in [0.25, 0.3) is 0 Å². The zero-order valence-corrected chi connectivity index (χ0v) is 6.43. The molecule has 1 aliphatic heterocycles. The summed E-state index contributed by atoms with van der Waals surface area (Å²) in [6.45, 7) is 3.66. The second-order valence-corrected chi connectivity index (χ2v) is 2.31. The minimum atomic E-state index is 0.473. The molecule has 1 saturated heterocycles. The summed E-state index contributed by atoms with van der Waals surface area (Å²) in [4.78, 5) is 0. The molecule has 0 aromatic carbocycles. The van der Waals surface area contributed by atoms with Gasteiger partial charge in [-0.05, 0) is 25.9 Å². The fourth-order valence-corrected chi connectivity index (χ4v) is 0.844. The summed E-state index contributed by atoms with van der Waals surface area (Å²) in [6, 6.07) is 1.75. The first-order valence-corrected chi connectivity index (χ1v) is 3.58. The molecule has 0 unspecified atom stereocenters. The predicted molar refractivity (Wildman–Crippen MR) is 42.9 cm³/mol. The summed E-state index contributed by atoms with van der Waals surface area (Å²) in [5.41, 5.74) is 0. The molecule has 3 heteroatoms. The average Bonchev–Trinajstić information content (AvgIpc) is 1.91. The third-order valence-corrected chi connectivity index (χ3v) is 1.38. The van der Waals surface area contributed by atoms with Crippen LogP contribution in [0, 0.1) is 11.3 Å². The molecule has 1 rings (SSSR count). The molecule has 0 saturated carbocycles. The minimum Gasteiger partial charge on any atom is -0.317 e. The van der Waals surface area contributed by atoms with Gasteiger partial charge in [-0.25, -0.2) is 0 Å². The van der Waals surface area contributed by atoms with Crippen LogP contribution in [-0.4, -0.2) is 20.9 Å². The molecule has 0 amide bonds. The molecule has 0 aliphatic carbocycles. The Morgan fingerprint density at radius 3 is 2.10 bits per heavy atom. The van der Waals surface area contributed by atoms with Gasteiger partial charge < -0.3 is 5.32 Å². The fourth-order valence-electron chi connectivity index (χ4n) is 0.844. The molecule has 0 spiro atoms. The highest BCUT2D eigenvalue weighted by molar-refractivity contribution is 6.11. The summed E-state index contributed by atoms with van der Waals surface area (Å²) < 4.78 is 0. The Morgan fingerprint density at radius 1 is 1.50 bits per heavy atom. The SMILES string of the molecule is CC#N.[B]C1CCNCC1. The molecule has 0 bridgehead atoms. The number of hydrogen-bond acceptors (Lipinski definition) is 2. The van der Waals surface area contributed by atoms with Gasteiger partial charge >= 0.3 is 0 Å². The topological polar surface area (TPSA) is 35.8 Å². The Hall–Kier alpha value is -0.485. The number of rotatable bonds is 0. The van der Waals surface area contributed by atoms with E-state index in [2.05, 4.69) is 5.32 Å². The number of nitrogens with zero attached hydrogens (tertiary/aromatic N) is 1. The first-order valence-electron chi connectivity index (χ1n) is 3.58. The lowest BCUT2D eigenvalue weighted by atomic mass is 9.80. The lowest BCUT2D eigenvalue weighted by molar-refractivity contribution is 0.520. The maximum Gasteiger partial charge on any atom is 0.0700 e. The summed E-state index contributed by atoms with van der Waals surface area (Å²) in [7, 11) is 5.59. The summed E-state index contributed by atoms with van der Waals surface area (Å²) in [5.74, 6) is 0.473. The van der Waals surface area contributed by atoms with Crippen molar-refractivity contribution in [2.75, 3.05) is 13.1 Å². The molecular formula is C7H13BN2. The van der Waals surface area contributed by atoms with Gasteiger partial charge in [0.1, 0.15) is 0 Å². The molecule has 0 aromatic rings. The van der Waals surface area contributed by atoms with Crippen LogP contribution < -0.4 is 5.32 Å². The minimum absolute atomic E-state index is 0.473. The van der Waals surface area contributed by atoms with Gasteiger partial charge in [0.25, 0.3) is 0 Å². The summed E-state index contributed by atoms with van der Waals surface area (Å²) in [6.07, 6.45) is 2.31. The van der Waals surface area contributed by atoms with Crippen LogP contribution >= 0.6 is 0 Å². The Balaban J connectivity index is 0.000000236. The van der Waals surface area contributed by atoms with Crippen molar-refractivity contribution in [2.24, 2.45) is 0 Å². The lowest BCUT2D eigenvalue weighted by Gasteiger charge is -2.17. The molecule has 2 nitrogen and oxygen atoms in total. The highest BCUT2D eigenvalue weighted by Crippen LogP contribution is 2.11. The van der Waals surface area contributed by atoms with Crippen molar-refractivity contribution < 1.29 is 0 Å². The van der Waals surface area contributed by atoms with E-state index in [0.29, 0.717) is 5.82 Å². The predicted octanol–water partition coefficient (Wildman–Crippen LogP) is 0.857. The van der Waals surface area contributed by atoms with Gasteiger partial charge in [-0.1, -0.05) is 5.82 Å². The van der Waals surface area contributed by atoms with Crippen LogP contribution in [0.15, 0.2) is 0 Å². The normalized spacial score (nSPS) is 18.4. The number of piperidine rings is 1. The van der Waals surface area contributed by atoms with E-state index in [1.807, 2.05) is 0 Å². The quantitative estimate of drug-likeness (QED) is 0.501. The van der Waals surface area contributed by atoms with E-state index in [9.17, 15) is 0 Å². The van der Waals surface area contributed by atoms with E-state index < -0.39 is 0 Å². The van der Waals surface area contributed by atoms with Gasteiger partial charge in [0.15, 0.2) is 0 Å². The maximum atomic E-state index is 7.32. The van der Waals surface area contributed by atoms with Gasteiger partial charge in [0.05, 0.1) is 13.9 Å². The number of nitrogens with one attached hydrogen (secondary N) is 1. The van der Waals surface area contributed by atoms with Crippen LogP contribution in [0.3, 0.4) is 0 Å². The van der Waals surface area contributed by atoms with Crippen molar-refractivity contribution in [1.82, 2.24) is 5.32 Å². The number of nitriles is 1. The van der Waals surface area contributed by atoms with Gasteiger partial charge in [-0.2, -0.15) is 5.26 Å². The number of hydrogen-bond donors (Lipinski definition) is 1. The van der Waals surface area contributed by atoms with Crippen molar-refractivity contribution in [3.63, 3.8) is 0 Å². The second kappa shape index (κ2) is 6.63. The van der Waals surface area contributed by atoms with Crippen molar-refractivity contribution in [2.45, 2.75) is 25.6 Å². The van der Waals surface area contributed by atoms with Gasteiger partial charge in [-0.15, -0.1) is 0 Å². The van der Waals surface area contributed by atoms with Gasteiger partial charge in [0.2, 0.25) is 0 Å². The first-order chi connectivity index (χ1) is 4.81. The van der Waals surface area contributed by atoms with Crippen LogP contribution in [0.1, 0.15) is 19.8 Å².